The summed E-state index contributed by atoms with van der Waals surface area (Å²) >= 11 is 0. The molecule has 0 spiro atoms. The molecule has 1 aromatic heterocycles. The Kier molecular flexibility index (Phi) is 3.25. The molecule has 0 aliphatic heterocycles. The summed E-state index contributed by atoms with van der Waals surface area (Å²) in [5, 5.41) is 12.1. The third-order valence-corrected chi connectivity index (χ3v) is 2.18. The monoisotopic (exact) mass is 236 g/mol. The number of hydrogen-bond acceptors (Lipinski definition) is 2. The number of carbonyl (C=O) groups is 1. The molecule has 0 saturated carbocycles. The molecule has 0 amide bonds. The Bertz CT molecular complexity index is 398. The van der Waals surface area contributed by atoms with Gasteiger partial charge in [0.25, 0.3) is 0 Å². The van der Waals surface area contributed by atoms with Crippen molar-refractivity contribution in [3.05, 3.63) is 17.5 Å². The van der Waals surface area contributed by atoms with Gasteiger partial charge in [-0.25, -0.2) is 4.79 Å². The summed E-state index contributed by atoms with van der Waals surface area (Å²) in [6.07, 6.45) is -4.37. The van der Waals surface area contributed by atoms with Gasteiger partial charge in [-0.1, -0.05) is 6.92 Å². The maximum absolute atomic E-state index is 12.3. The van der Waals surface area contributed by atoms with Crippen LogP contribution >= 0.6 is 0 Å². The number of alkyl halides is 3. The van der Waals surface area contributed by atoms with Crippen molar-refractivity contribution in [3.63, 3.8) is 0 Å². The first-order chi connectivity index (χ1) is 7.27. The van der Waals surface area contributed by atoms with Crippen molar-refractivity contribution in [3.8, 4) is 0 Å². The van der Waals surface area contributed by atoms with Crippen LogP contribution in [0, 0.1) is 6.92 Å². The van der Waals surface area contributed by atoms with Gasteiger partial charge in [0.05, 0.1) is 0 Å². The number of carboxylic acid groups (broad SMARTS) is 1. The third kappa shape index (κ3) is 2.34. The van der Waals surface area contributed by atoms with Crippen molar-refractivity contribution < 1.29 is 23.1 Å². The molecule has 1 N–H and O–H groups in total. The zero-order valence-electron chi connectivity index (χ0n) is 8.75. The van der Waals surface area contributed by atoms with E-state index in [-0.39, 0.29) is 12.1 Å². The Hall–Kier alpha value is -1.53. The molecule has 0 radical (unpaired) electrons. The quantitative estimate of drug-likeness (QED) is 0.875. The van der Waals surface area contributed by atoms with Gasteiger partial charge in [0, 0.05) is 5.69 Å². The number of nitrogens with zero attached hydrogens (tertiary/aromatic N) is 2. The van der Waals surface area contributed by atoms with Gasteiger partial charge in [0.15, 0.2) is 5.69 Å². The molecule has 0 unspecified atom stereocenters. The second kappa shape index (κ2) is 4.15. The van der Waals surface area contributed by atoms with E-state index in [9.17, 15) is 18.0 Å². The molecule has 90 valence electrons. The highest BCUT2D eigenvalue weighted by molar-refractivity contribution is 5.71. The van der Waals surface area contributed by atoms with Crippen molar-refractivity contribution in [1.29, 1.82) is 0 Å². The van der Waals surface area contributed by atoms with Crippen molar-refractivity contribution in [2.24, 2.45) is 0 Å². The van der Waals surface area contributed by atoms with Crippen molar-refractivity contribution in [2.75, 3.05) is 0 Å². The normalized spacial score (nSPS) is 13.8. The Labute approximate surface area is 89.7 Å². The number of carboxylic acids is 1. The minimum absolute atomic E-state index is 0.176. The Morgan fingerprint density at radius 3 is 2.50 bits per heavy atom. The van der Waals surface area contributed by atoms with Crippen LogP contribution in [0.15, 0.2) is 6.07 Å². The van der Waals surface area contributed by atoms with E-state index in [1.807, 2.05) is 0 Å². The molecule has 1 atom stereocenters. The summed E-state index contributed by atoms with van der Waals surface area (Å²) in [5.74, 6) is -1.19. The third-order valence-electron chi connectivity index (χ3n) is 2.18. The number of halogens is 3. The molecule has 1 rings (SSSR count). The smallest absolute Gasteiger partial charge is 0.435 e. The lowest BCUT2D eigenvalue weighted by atomic mass is 10.2. The summed E-state index contributed by atoms with van der Waals surface area (Å²) in [7, 11) is 0. The summed E-state index contributed by atoms with van der Waals surface area (Å²) < 4.78 is 37.9. The van der Waals surface area contributed by atoms with Crippen LogP contribution in [0.3, 0.4) is 0 Å². The molecule has 7 heteroatoms. The van der Waals surface area contributed by atoms with E-state index >= 15 is 0 Å². The van der Waals surface area contributed by atoms with Crippen molar-refractivity contribution in [1.82, 2.24) is 9.78 Å². The average Bonchev–Trinajstić information content (AvgIpc) is 2.48. The molecule has 0 fully saturated rings. The fourth-order valence-electron chi connectivity index (χ4n) is 1.39. The highest BCUT2D eigenvalue weighted by Crippen LogP contribution is 2.29. The summed E-state index contributed by atoms with van der Waals surface area (Å²) in [4.78, 5) is 10.8. The Morgan fingerprint density at radius 1 is 1.62 bits per heavy atom. The predicted octanol–water partition coefficient (Wildman–Crippen LogP) is 2.25. The molecule has 1 aromatic rings. The van der Waals surface area contributed by atoms with Gasteiger partial charge in [0.1, 0.15) is 6.04 Å². The predicted molar refractivity (Wildman–Crippen MR) is 48.9 cm³/mol. The fraction of sp³-hybridized carbons (Fsp3) is 0.556. The lowest BCUT2D eigenvalue weighted by Crippen LogP contribution is -2.21. The van der Waals surface area contributed by atoms with E-state index in [0.717, 1.165) is 10.7 Å². The van der Waals surface area contributed by atoms with E-state index in [2.05, 4.69) is 5.10 Å². The molecule has 0 aliphatic rings. The Morgan fingerprint density at radius 2 is 2.19 bits per heavy atom. The van der Waals surface area contributed by atoms with Crippen LogP contribution in [0.4, 0.5) is 13.2 Å². The van der Waals surface area contributed by atoms with Crippen LogP contribution in [-0.4, -0.2) is 20.9 Å². The van der Waals surface area contributed by atoms with Gasteiger partial charge in [0.2, 0.25) is 0 Å². The minimum Gasteiger partial charge on any atom is -0.480 e. The van der Waals surface area contributed by atoms with Crippen LogP contribution in [0.1, 0.15) is 30.8 Å². The van der Waals surface area contributed by atoms with Gasteiger partial charge < -0.3 is 5.11 Å². The topological polar surface area (TPSA) is 55.1 Å². The highest BCUT2D eigenvalue weighted by Gasteiger charge is 2.35. The number of hydrogen-bond donors (Lipinski definition) is 1. The number of aryl methyl sites for hydroxylation is 1. The molecular weight excluding hydrogens is 225 g/mol. The van der Waals surface area contributed by atoms with Crippen LogP contribution in [0.5, 0.6) is 0 Å². The number of rotatable bonds is 3. The maximum Gasteiger partial charge on any atom is 0.435 e. The lowest BCUT2D eigenvalue weighted by molar-refractivity contribution is -0.144. The SMILES string of the molecule is CC[C@H](C(=O)O)n1nc(C(F)(F)F)cc1C. The number of aromatic nitrogens is 2. The molecule has 0 aliphatic carbocycles. The standard InChI is InChI=1S/C9H11F3N2O2/c1-3-6(8(15)16)14-5(2)4-7(13-14)9(10,11)12/h4,6H,3H2,1-2H3,(H,15,16)/t6-/m1/s1. The van der Waals surface area contributed by atoms with E-state index in [1.54, 1.807) is 6.92 Å². The van der Waals surface area contributed by atoms with Crippen molar-refractivity contribution >= 4 is 5.97 Å². The highest BCUT2D eigenvalue weighted by atomic mass is 19.4. The van der Waals surface area contributed by atoms with E-state index in [4.69, 9.17) is 5.11 Å². The zero-order chi connectivity index (χ0) is 12.5. The number of aliphatic carboxylic acids is 1. The van der Waals surface area contributed by atoms with Gasteiger partial charge in [-0.3, -0.25) is 4.68 Å². The van der Waals surface area contributed by atoms with Crippen LogP contribution in [-0.2, 0) is 11.0 Å². The van der Waals surface area contributed by atoms with Gasteiger partial charge in [-0.05, 0) is 19.4 Å². The molecule has 4 nitrogen and oxygen atoms in total. The molecule has 0 bridgehead atoms. The van der Waals surface area contributed by atoms with Crippen molar-refractivity contribution in [2.45, 2.75) is 32.5 Å². The molecule has 1 heterocycles. The van der Waals surface area contributed by atoms with E-state index in [0.29, 0.717) is 0 Å². The zero-order valence-corrected chi connectivity index (χ0v) is 8.75. The van der Waals surface area contributed by atoms with Gasteiger partial charge >= 0.3 is 12.1 Å². The summed E-state index contributed by atoms with van der Waals surface area (Å²) in [6.45, 7) is 2.97. The second-order valence-electron chi connectivity index (χ2n) is 3.38. The summed E-state index contributed by atoms with van der Waals surface area (Å²) in [6, 6.07) is -0.220. The molecule has 0 saturated heterocycles. The van der Waals surface area contributed by atoms with E-state index in [1.165, 1.54) is 6.92 Å². The maximum atomic E-state index is 12.3. The molecule has 16 heavy (non-hydrogen) atoms. The lowest BCUT2D eigenvalue weighted by Gasteiger charge is -2.12. The van der Waals surface area contributed by atoms with Gasteiger partial charge in [-0.15, -0.1) is 0 Å². The van der Waals surface area contributed by atoms with Gasteiger partial charge in [-0.2, -0.15) is 18.3 Å². The molecule has 0 aromatic carbocycles. The van der Waals surface area contributed by atoms with Crippen LogP contribution in [0.2, 0.25) is 0 Å². The summed E-state index contributed by atoms with van der Waals surface area (Å²) in [5.41, 5.74) is -0.883. The minimum atomic E-state index is -4.55. The largest absolute Gasteiger partial charge is 0.480 e. The first-order valence-electron chi connectivity index (χ1n) is 4.63. The molecular formula is C9H11F3N2O2. The fourth-order valence-corrected chi connectivity index (χ4v) is 1.39. The average molecular weight is 236 g/mol. The second-order valence-corrected chi connectivity index (χ2v) is 3.38. The van der Waals surface area contributed by atoms with Crippen LogP contribution in [0.25, 0.3) is 0 Å². The first kappa shape index (κ1) is 12.5. The first-order valence-corrected chi connectivity index (χ1v) is 4.63. The van der Waals surface area contributed by atoms with E-state index < -0.39 is 23.9 Å². The van der Waals surface area contributed by atoms with Crippen LogP contribution < -0.4 is 0 Å². The Balaban J connectivity index is 3.15.